The lowest BCUT2D eigenvalue weighted by molar-refractivity contribution is 0.311. The van der Waals surface area contributed by atoms with Crippen molar-refractivity contribution in [2.45, 2.75) is 19.9 Å². The summed E-state index contributed by atoms with van der Waals surface area (Å²) in [6.07, 6.45) is 1.88. The van der Waals surface area contributed by atoms with Gasteiger partial charge >= 0.3 is 0 Å². The van der Waals surface area contributed by atoms with Crippen molar-refractivity contribution >= 4 is 17.0 Å². The second-order valence-electron chi connectivity index (χ2n) is 4.07. The van der Waals surface area contributed by atoms with Gasteiger partial charge in [-0.15, -0.1) is 11.3 Å². The van der Waals surface area contributed by atoms with Gasteiger partial charge in [0, 0.05) is 22.8 Å². The molecule has 1 unspecified atom stereocenters. The number of ether oxygens (including phenoxy) is 2. The van der Waals surface area contributed by atoms with E-state index in [4.69, 9.17) is 9.47 Å². The van der Waals surface area contributed by atoms with Gasteiger partial charge in [0.15, 0.2) is 11.5 Å². The van der Waals surface area contributed by atoms with Crippen LogP contribution < -0.4 is 14.8 Å². The van der Waals surface area contributed by atoms with Gasteiger partial charge in [-0.25, -0.2) is 0 Å². The molecular formula is C14H18N2O2S. The summed E-state index contributed by atoms with van der Waals surface area (Å²) in [4.78, 5) is 5.30. The Morgan fingerprint density at radius 1 is 1.37 bits per heavy atom. The van der Waals surface area contributed by atoms with E-state index in [0.717, 1.165) is 17.2 Å². The van der Waals surface area contributed by atoms with Crippen LogP contribution >= 0.6 is 11.3 Å². The predicted octanol–water partition coefficient (Wildman–Crippen LogP) is 3.72. The van der Waals surface area contributed by atoms with Gasteiger partial charge in [-0.05, 0) is 26.0 Å². The zero-order chi connectivity index (χ0) is 13.7. The molecule has 0 saturated carbocycles. The fraction of sp³-hybridized carbons (Fsp3) is 0.357. The molecule has 0 fully saturated rings. The minimum atomic E-state index is 0.218. The molecule has 0 aliphatic carbocycles. The molecule has 1 N–H and O–H groups in total. The first-order valence-corrected chi connectivity index (χ1v) is 7.08. The zero-order valence-electron chi connectivity index (χ0n) is 11.3. The van der Waals surface area contributed by atoms with Crippen LogP contribution in [-0.4, -0.2) is 18.7 Å². The fourth-order valence-electron chi connectivity index (χ4n) is 1.80. The van der Waals surface area contributed by atoms with E-state index in [0.29, 0.717) is 6.61 Å². The Balaban J connectivity index is 2.14. The van der Waals surface area contributed by atoms with Crippen LogP contribution in [0, 0.1) is 0 Å². The predicted molar refractivity (Wildman–Crippen MR) is 78.3 cm³/mol. The Morgan fingerprint density at radius 2 is 2.21 bits per heavy atom. The van der Waals surface area contributed by atoms with Crippen molar-refractivity contribution in [3.05, 3.63) is 34.8 Å². The fourth-order valence-corrected chi connectivity index (χ4v) is 2.42. The lowest BCUT2D eigenvalue weighted by Crippen LogP contribution is -2.05. The van der Waals surface area contributed by atoms with Gasteiger partial charge in [0.1, 0.15) is 0 Å². The van der Waals surface area contributed by atoms with Gasteiger partial charge in [-0.2, -0.15) is 0 Å². The average Bonchev–Trinajstić information content (AvgIpc) is 2.93. The van der Waals surface area contributed by atoms with Gasteiger partial charge < -0.3 is 14.8 Å². The molecule has 102 valence electrons. The molecule has 4 nitrogen and oxygen atoms in total. The average molecular weight is 278 g/mol. The van der Waals surface area contributed by atoms with Crippen LogP contribution in [-0.2, 0) is 0 Å². The zero-order valence-corrected chi connectivity index (χ0v) is 12.2. The van der Waals surface area contributed by atoms with Gasteiger partial charge in [0.05, 0.1) is 25.3 Å². The van der Waals surface area contributed by atoms with Crippen LogP contribution in [0.1, 0.15) is 24.8 Å². The highest BCUT2D eigenvalue weighted by atomic mass is 32.1. The summed E-state index contributed by atoms with van der Waals surface area (Å²) in [5.74, 6) is 1.50. The van der Waals surface area contributed by atoms with E-state index in [-0.39, 0.29) is 6.04 Å². The number of thiazole rings is 1. The molecule has 0 saturated heterocycles. The summed E-state index contributed by atoms with van der Waals surface area (Å²) in [7, 11) is 1.64. The van der Waals surface area contributed by atoms with E-state index in [1.807, 2.05) is 36.8 Å². The summed E-state index contributed by atoms with van der Waals surface area (Å²) >= 11 is 1.64. The number of benzene rings is 1. The van der Waals surface area contributed by atoms with E-state index in [9.17, 15) is 0 Å². The van der Waals surface area contributed by atoms with Gasteiger partial charge in [-0.1, -0.05) is 0 Å². The smallest absolute Gasteiger partial charge is 0.163 e. The lowest BCUT2D eigenvalue weighted by Gasteiger charge is -2.16. The third-order valence-electron chi connectivity index (χ3n) is 2.72. The number of anilines is 1. The standard InChI is InChI=1S/C14H18N2O2S/c1-4-18-13-7-11(5-6-12(13)17-3)16-10(2)14-8-15-9-19-14/h5-10,16H,4H2,1-3H3. The van der Waals surface area contributed by atoms with Crippen LogP contribution in [0.15, 0.2) is 29.9 Å². The molecule has 2 aromatic rings. The molecule has 1 atom stereocenters. The van der Waals surface area contributed by atoms with Crippen molar-refractivity contribution in [3.63, 3.8) is 0 Å². The number of rotatable bonds is 6. The molecule has 0 spiro atoms. The van der Waals surface area contributed by atoms with E-state index >= 15 is 0 Å². The quantitative estimate of drug-likeness (QED) is 0.874. The van der Waals surface area contributed by atoms with Crippen LogP contribution in [0.4, 0.5) is 5.69 Å². The van der Waals surface area contributed by atoms with Crippen molar-refractivity contribution in [2.24, 2.45) is 0 Å². The first kappa shape index (κ1) is 13.7. The largest absolute Gasteiger partial charge is 0.493 e. The molecule has 5 heteroatoms. The van der Waals surface area contributed by atoms with Crippen molar-refractivity contribution in [1.82, 2.24) is 4.98 Å². The minimum Gasteiger partial charge on any atom is -0.493 e. The van der Waals surface area contributed by atoms with Gasteiger partial charge in [-0.3, -0.25) is 4.98 Å². The van der Waals surface area contributed by atoms with Gasteiger partial charge in [0.25, 0.3) is 0 Å². The number of nitrogens with zero attached hydrogens (tertiary/aromatic N) is 1. The van der Waals surface area contributed by atoms with Crippen LogP contribution in [0.25, 0.3) is 0 Å². The maximum Gasteiger partial charge on any atom is 0.163 e. The van der Waals surface area contributed by atoms with E-state index in [1.165, 1.54) is 4.88 Å². The highest BCUT2D eigenvalue weighted by molar-refractivity contribution is 7.09. The Hall–Kier alpha value is -1.75. The highest BCUT2D eigenvalue weighted by Gasteiger charge is 2.09. The Morgan fingerprint density at radius 3 is 2.84 bits per heavy atom. The molecule has 0 aliphatic rings. The summed E-state index contributed by atoms with van der Waals surface area (Å²) < 4.78 is 10.8. The second-order valence-corrected chi connectivity index (χ2v) is 4.99. The van der Waals surface area contributed by atoms with E-state index in [1.54, 1.807) is 18.4 Å². The second kappa shape index (κ2) is 6.43. The Labute approximate surface area is 117 Å². The number of nitrogens with one attached hydrogen (secondary N) is 1. The topological polar surface area (TPSA) is 43.4 Å². The van der Waals surface area contributed by atoms with Crippen molar-refractivity contribution in [3.8, 4) is 11.5 Å². The number of hydrogen-bond donors (Lipinski definition) is 1. The molecule has 0 aliphatic heterocycles. The summed E-state index contributed by atoms with van der Waals surface area (Å²) in [5, 5.41) is 3.43. The van der Waals surface area contributed by atoms with E-state index in [2.05, 4.69) is 17.2 Å². The van der Waals surface area contributed by atoms with Crippen molar-refractivity contribution < 1.29 is 9.47 Å². The monoisotopic (exact) mass is 278 g/mol. The summed E-state index contributed by atoms with van der Waals surface area (Å²) in [6, 6.07) is 6.07. The third kappa shape index (κ3) is 3.38. The molecular weight excluding hydrogens is 260 g/mol. The highest BCUT2D eigenvalue weighted by Crippen LogP contribution is 2.32. The number of methoxy groups -OCH3 is 1. The number of aromatic nitrogens is 1. The molecule has 1 aromatic heterocycles. The molecule has 1 aromatic carbocycles. The summed E-state index contributed by atoms with van der Waals surface area (Å²) in [6.45, 7) is 4.68. The van der Waals surface area contributed by atoms with Crippen molar-refractivity contribution in [2.75, 3.05) is 19.0 Å². The first-order chi connectivity index (χ1) is 9.24. The normalized spacial score (nSPS) is 11.9. The van der Waals surface area contributed by atoms with E-state index < -0.39 is 0 Å². The third-order valence-corrected chi connectivity index (χ3v) is 3.68. The Bertz CT molecular complexity index is 514. The van der Waals surface area contributed by atoms with Crippen LogP contribution in [0.5, 0.6) is 11.5 Å². The van der Waals surface area contributed by atoms with Crippen LogP contribution in [0.2, 0.25) is 0 Å². The molecule has 1 heterocycles. The van der Waals surface area contributed by atoms with Crippen LogP contribution in [0.3, 0.4) is 0 Å². The SMILES string of the molecule is CCOc1cc(NC(C)c2cncs2)ccc1OC. The maximum atomic E-state index is 5.57. The molecule has 0 amide bonds. The maximum absolute atomic E-state index is 5.57. The first-order valence-electron chi connectivity index (χ1n) is 6.20. The Kier molecular flexibility index (Phi) is 4.63. The van der Waals surface area contributed by atoms with Gasteiger partial charge in [0.2, 0.25) is 0 Å². The number of hydrogen-bond acceptors (Lipinski definition) is 5. The van der Waals surface area contributed by atoms with Crippen molar-refractivity contribution in [1.29, 1.82) is 0 Å². The minimum absolute atomic E-state index is 0.218. The molecule has 19 heavy (non-hydrogen) atoms. The summed E-state index contributed by atoms with van der Waals surface area (Å²) in [5.41, 5.74) is 2.85. The lowest BCUT2D eigenvalue weighted by atomic mass is 10.2. The molecule has 0 bridgehead atoms. The molecule has 2 rings (SSSR count). The molecule has 0 radical (unpaired) electrons.